The highest BCUT2D eigenvalue weighted by Crippen LogP contribution is 2.16. The minimum absolute atomic E-state index is 0.0722. The van der Waals surface area contributed by atoms with E-state index in [4.69, 9.17) is 10.1 Å². The van der Waals surface area contributed by atoms with Gasteiger partial charge in [0.05, 0.1) is 6.10 Å². The molecule has 0 saturated carbocycles. The predicted molar refractivity (Wildman–Crippen MR) is 71.6 cm³/mol. The molecule has 0 aliphatic heterocycles. The molecule has 0 fully saturated rings. The molecule has 0 bridgehead atoms. The quantitative estimate of drug-likeness (QED) is 0.628. The zero-order valence-electron chi connectivity index (χ0n) is 10.2. The molecule has 1 N–H and O–H groups in total. The Morgan fingerprint density at radius 2 is 1.82 bits per heavy atom. The maximum absolute atomic E-state index is 7.74. The second-order valence-electron chi connectivity index (χ2n) is 4.45. The van der Waals surface area contributed by atoms with E-state index in [0.29, 0.717) is 12.3 Å². The molecule has 0 aliphatic carbocycles. The average Bonchev–Trinajstić information content (AvgIpc) is 2.27. The Morgan fingerprint density at radius 1 is 1.12 bits per heavy atom. The van der Waals surface area contributed by atoms with Crippen molar-refractivity contribution in [1.82, 2.24) is 0 Å². The highest BCUT2D eigenvalue weighted by molar-refractivity contribution is 5.84. The van der Waals surface area contributed by atoms with Crippen molar-refractivity contribution in [3.05, 3.63) is 48.0 Å². The number of fused-ring (bicyclic) bond motifs is 1. The molecule has 88 valence electrons. The summed E-state index contributed by atoms with van der Waals surface area (Å²) in [5, 5.41) is 10.2. The Kier molecular flexibility index (Phi) is 3.43. The summed E-state index contributed by atoms with van der Waals surface area (Å²) in [6.45, 7) is 3.88. The third-order valence-electron chi connectivity index (χ3n) is 2.56. The predicted octanol–water partition coefficient (Wildman–Crippen LogP) is 3.78. The van der Waals surface area contributed by atoms with Crippen LogP contribution in [0.4, 0.5) is 0 Å². The molecule has 2 aromatic rings. The highest BCUT2D eigenvalue weighted by atomic mass is 16.5. The minimum atomic E-state index is 0.0722. The van der Waals surface area contributed by atoms with Crippen LogP contribution in [0.2, 0.25) is 0 Å². The molecule has 0 amide bonds. The smallest absolute Gasteiger partial charge is 0.185 e. The van der Waals surface area contributed by atoms with E-state index in [-0.39, 0.29) is 6.10 Å². The topological polar surface area (TPSA) is 33.1 Å². The van der Waals surface area contributed by atoms with Gasteiger partial charge >= 0.3 is 0 Å². The van der Waals surface area contributed by atoms with E-state index in [2.05, 4.69) is 30.3 Å². The maximum Gasteiger partial charge on any atom is 0.185 e. The number of ether oxygens (including phenoxy) is 1. The van der Waals surface area contributed by atoms with E-state index >= 15 is 0 Å². The first kappa shape index (κ1) is 11.6. The van der Waals surface area contributed by atoms with Crippen molar-refractivity contribution < 1.29 is 4.74 Å². The van der Waals surface area contributed by atoms with Crippen LogP contribution in [0.1, 0.15) is 19.4 Å². The molecule has 17 heavy (non-hydrogen) atoms. The second kappa shape index (κ2) is 5.00. The molecule has 0 aliphatic rings. The van der Waals surface area contributed by atoms with Crippen LogP contribution in [0.3, 0.4) is 0 Å². The van der Waals surface area contributed by atoms with E-state index in [1.165, 1.54) is 10.8 Å². The Morgan fingerprint density at radius 3 is 2.53 bits per heavy atom. The Labute approximate surface area is 102 Å². The van der Waals surface area contributed by atoms with Crippen LogP contribution in [-0.2, 0) is 11.2 Å². The van der Waals surface area contributed by atoms with Gasteiger partial charge < -0.3 is 4.74 Å². The summed E-state index contributed by atoms with van der Waals surface area (Å²) >= 11 is 0. The Hall–Kier alpha value is -1.83. The fourth-order valence-electron chi connectivity index (χ4n) is 1.86. The summed E-state index contributed by atoms with van der Waals surface area (Å²) in [6, 6.07) is 14.5. The number of benzene rings is 2. The number of rotatable bonds is 3. The van der Waals surface area contributed by atoms with Gasteiger partial charge in [-0.05, 0) is 30.2 Å². The van der Waals surface area contributed by atoms with Gasteiger partial charge in [-0.25, -0.2) is 0 Å². The van der Waals surface area contributed by atoms with E-state index < -0.39 is 0 Å². The molecule has 2 aromatic carbocycles. The van der Waals surface area contributed by atoms with Gasteiger partial charge in [-0.15, -0.1) is 0 Å². The van der Waals surface area contributed by atoms with Crippen molar-refractivity contribution in [2.75, 3.05) is 0 Å². The lowest BCUT2D eigenvalue weighted by molar-refractivity contribution is 0.221. The summed E-state index contributed by atoms with van der Waals surface area (Å²) in [5.74, 6) is 0.329. The normalized spacial score (nSPS) is 10.8. The summed E-state index contributed by atoms with van der Waals surface area (Å²) < 4.78 is 5.35. The second-order valence-corrected chi connectivity index (χ2v) is 4.45. The van der Waals surface area contributed by atoms with Crippen molar-refractivity contribution in [1.29, 1.82) is 5.41 Å². The molecular weight excluding hydrogens is 210 g/mol. The van der Waals surface area contributed by atoms with Gasteiger partial charge in [-0.2, -0.15) is 0 Å². The third kappa shape index (κ3) is 3.06. The van der Waals surface area contributed by atoms with Crippen molar-refractivity contribution in [3.63, 3.8) is 0 Å². The van der Waals surface area contributed by atoms with E-state index in [1.54, 1.807) is 0 Å². The van der Waals surface area contributed by atoms with E-state index in [1.807, 2.05) is 26.0 Å². The van der Waals surface area contributed by atoms with Crippen molar-refractivity contribution >= 4 is 16.7 Å². The average molecular weight is 227 g/mol. The first-order chi connectivity index (χ1) is 8.15. The van der Waals surface area contributed by atoms with E-state index in [9.17, 15) is 0 Å². The standard InChI is InChI=1S/C15H17NO/c1-11(2)17-15(16)10-12-7-8-13-5-3-4-6-14(13)9-12/h3-9,11,16H,10H2,1-2H3. The van der Waals surface area contributed by atoms with Crippen LogP contribution in [-0.4, -0.2) is 12.0 Å². The van der Waals surface area contributed by atoms with Crippen LogP contribution in [0.15, 0.2) is 42.5 Å². The molecule has 0 spiro atoms. The molecule has 0 saturated heterocycles. The lowest BCUT2D eigenvalue weighted by atomic mass is 10.1. The minimum Gasteiger partial charge on any atom is -0.478 e. The SMILES string of the molecule is CC(C)OC(=N)Cc1ccc2ccccc2c1. The van der Waals surface area contributed by atoms with Crippen LogP contribution in [0.5, 0.6) is 0 Å². The molecule has 2 heteroatoms. The summed E-state index contributed by atoms with van der Waals surface area (Å²) in [4.78, 5) is 0. The highest BCUT2D eigenvalue weighted by Gasteiger charge is 2.03. The number of hydrogen-bond donors (Lipinski definition) is 1. The van der Waals surface area contributed by atoms with Gasteiger partial charge in [0.1, 0.15) is 0 Å². The van der Waals surface area contributed by atoms with Crippen LogP contribution >= 0.6 is 0 Å². The number of hydrogen-bond acceptors (Lipinski definition) is 2. The van der Waals surface area contributed by atoms with Gasteiger partial charge in [-0.3, -0.25) is 5.41 Å². The largest absolute Gasteiger partial charge is 0.478 e. The first-order valence-corrected chi connectivity index (χ1v) is 5.87. The molecule has 0 radical (unpaired) electrons. The zero-order valence-corrected chi connectivity index (χ0v) is 10.2. The molecular formula is C15H17NO. The maximum atomic E-state index is 7.74. The molecule has 2 rings (SSSR count). The Bertz CT molecular complexity index is 531. The van der Waals surface area contributed by atoms with Crippen molar-refractivity contribution in [3.8, 4) is 0 Å². The van der Waals surface area contributed by atoms with Gasteiger partial charge in [0.25, 0.3) is 0 Å². The Balaban J connectivity index is 2.17. The summed E-state index contributed by atoms with van der Waals surface area (Å²) in [5.41, 5.74) is 1.12. The third-order valence-corrected chi connectivity index (χ3v) is 2.56. The van der Waals surface area contributed by atoms with Crippen LogP contribution in [0, 0.1) is 5.41 Å². The van der Waals surface area contributed by atoms with Gasteiger partial charge in [-0.1, -0.05) is 42.5 Å². The lowest BCUT2D eigenvalue weighted by Gasteiger charge is -2.10. The molecule has 0 unspecified atom stereocenters. The van der Waals surface area contributed by atoms with Crippen molar-refractivity contribution in [2.24, 2.45) is 0 Å². The molecule has 0 aromatic heterocycles. The van der Waals surface area contributed by atoms with Gasteiger partial charge in [0.15, 0.2) is 5.90 Å². The fraction of sp³-hybridized carbons (Fsp3) is 0.267. The van der Waals surface area contributed by atoms with Gasteiger partial charge in [0, 0.05) is 6.42 Å². The zero-order chi connectivity index (χ0) is 12.3. The van der Waals surface area contributed by atoms with Crippen LogP contribution < -0.4 is 0 Å². The monoisotopic (exact) mass is 227 g/mol. The first-order valence-electron chi connectivity index (χ1n) is 5.87. The van der Waals surface area contributed by atoms with Gasteiger partial charge in [0.2, 0.25) is 0 Å². The fourth-order valence-corrected chi connectivity index (χ4v) is 1.86. The molecule has 0 heterocycles. The lowest BCUT2D eigenvalue weighted by Crippen LogP contribution is -2.12. The number of nitrogens with one attached hydrogen (secondary N) is 1. The van der Waals surface area contributed by atoms with Crippen molar-refractivity contribution in [2.45, 2.75) is 26.4 Å². The molecule has 0 atom stereocenters. The summed E-state index contributed by atoms with van der Waals surface area (Å²) in [7, 11) is 0. The summed E-state index contributed by atoms with van der Waals surface area (Å²) in [6.07, 6.45) is 0.631. The van der Waals surface area contributed by atoms with E-state index in [0.717, 1.165) is 5.56 Å². The molecule has 2 nitrogen and oxygen atoms in total. The van der Waals surface area contributed by atoms with Crippen LogP contribution in [0.25, 0.3) is 10.8 Å².